The molecule has 6 heteroatoms. The number of amides is 1. The number of hydrogen-bond donors (Lipinski definition) is 1. The van der Waals surface area contributed by atoms with E-state index in [9.17, 15) is 9.59 Å². The molecule has 0 unspecified atom stereocenters. The van der Waals surface area contributed by atoms with Crippen LogP contribution < -0.4 is 19.5 Å². The zero-order valence-electron chi connectivity index (χ0n) is 19.3. The van der Waals surface area contributed by atoms with Gasteiger partial charge in [0.2, 0.25) is 0 Å². The third-order valence-corrected chi connectivity index (χ3v) is 5.03. The largest absolute Gasteiger partial charge is 0.494 e. The van der Waals surface area contributed by atoms with Gasteiger partial charge in [0, 0.05) is 16.8 Å². The number of benzene rings is 4. The number of ether oxygens (including phenoxy) is 3. The maximum absolute atomic E-state index is 12.5. The van der Waals surface area contributed by atoms with Crippen molar-refractivity contribution in [1.29, 1.82) is 0 Å². The van der Waals surface area contributed by atoms with Gasteiger partial charge in [-0.05, 0) is 79.7 Å². The predicted molar refractivity (Wildman–Crippen MR) is 135 cm³/mol. The zero-order valence-corrected chi connectivity index (χ0v) is 19.3. The molecule has 0 aliphatic rings. The molecule has 0 aliphatic carbocycles. The van der Waals surface area contributed by atoms with E-state index in [0.29, 0.717) is 40.7 Å². The lowest BCUT2D eigenvalue weighted by Crippen LogP contribution is -2.20. The smallest absolute Gasteiger partial charge is 0.262 e. The Hall–Kier alpha value is -4.58. The third kappa shape index (κ3) is 6.71. The molecule has 4 aromatic carbocycles. The summed E-state index contributed by atoms with van der Waals surface area (Å²) in [6.07, 6.45) is 0. The van der Waals surface area contributed by atoms with Gasteiger partial charge in [-0.25, -0.2) is 0 Å². The molecule has 6 nitrogen and oxygen atoms in total. The van der Waals surface area contributed by atoms with E-state index in [1.165, 1.54) is 0 Å². The second-order valence-corrected chi connectivity index (χ2v) is 7.59. The minimum Gasteiger partial charge on any atom is -0.494 e. The summed E-state index contributed by atoms with van der Waals surface area (Å²) < 4.78 is 16.8. The molecule has 0 radical (unpaired) electrons. The van der Waals surface area contributed by atoms with Crippen molar-refractivity contribution in [2.75, 3.05) is 18.5 Å². The Bertz CT molecular complexity index is 1250. The highest BCUT2D eigenvalue weighted by atomic mass is 16.5. The van der Waals surface area contributed by atoms with E-state index >= 15 is 0 Å². The Kier molecular flexibility index (Phi) is 7.76. The van der Waals surface area contributed by atoms with Gasteiger partial charge in [0.05, 0.1) is 6.61 Å². The highest BCUT2D eigenvalue weighted by Crippen LogP contribution is 2.25. The minimum absolute atomic E-state index is 0.0650. The lowest BCUT2D eigenvalue weighted by Gasteiger charge is -2.10. The molecule has 0 heterocycles. The highest BCUT2D eigenvalue weighted by Gasteiger charge is 2.09. The fourth-order valence-corrected chi connectivity index (χ4v) is 3.32. The lowest BCUT2D eigenvalue weighted by atomic mass is 10.0. The first-order valence-electron chi connectivity index (χ1n) is 11.2. The number of anilines is 1. The normalized spacial score (nSPS) is 10.3. The summed E-state index contributed by atoms with van der Waals surface area (Å²) in [5.41, 5.74) is 1.80. The van der Waals surface area contributed by atoms with Crippen molar-refractivity contribution in [1.82, 2.24) is 0 Å². The fourth-order valence-electron chi connectivity index (χ4n) is 3.32. The fraction of sp³-hybridized carbons (Fsp3) is 0.103. The van der Waals surface area contributed by atoms with Crippen molar-refractivity contribution in [3.05, 3.63) is 114 Å². The molecule has 0 saturated heterocycles. The van der Waals surface area contributed by atoms with Crippen molar-refractivity contribution in [3.8, 4) is 23.0 Å². The second-order valence-electron chi connectivity index (χ2n) is 7.59. The lowest BCUT2D eigenvalue weighted by molar-refractivity contribution is -0.118. The molecular formula is C29H25NO5. The molecule has 4 rings (SSSR count). The van der Waals surface area contributed by atoms with Crippen LogP contribution in [0.3, 0.4) is 0 Å². The van der Waals surface area contributed by atoms with Crippen molar-refractivity contribution >= 4 is 17.4 Å². The molecule has 35 heavy (non-hydrogen) atoms. The summed E-state index contributed by atoms with van der Waals surface area (Å²) in [5.74, 6) is 2.27. The Labute approximate surface area is 204 Å². The van der Waals surface area contributed by atoms with Gasteiger partial charge in [0.25, 0.3) is 5.91 Å². The van der Waals surface area contributed by atoms with E-state index in [1.54, 1.807) is 60.7 Å². The van der Waals surface area contributed by atoms with Crippen LogP contribution in [0.2, 0.25) is 0 Å². The Morgan fingerprint density at radius 1 is 0.629 bits per heavy atom. The number of carbonyl (C=O) groups excluding carboxylic acids is 2. The van der Waals surface area contributed by atoms with Gasteiger partial charge in [-0.3, -0.25) is 9.59 Å². The maximum Gasteiger partial charge on any atom is 0.262 e. The van der Waals surface area contributed by atoms with Crippen molar-refractivity contribution in [2.24, 2.45) is 0 Å². The van der Waals surface area contributed by atoms with Gasteiger partial charge in [-0.2, -0.15) is 0 Å². The van der Waals surface area contributed by atoms with Crippen molar-refractivity contribution < 1.29 is 23.8 Å². The second kappa shape index (κ2) is 11.5. The average molecular weight is 468 g/mol. The molecule has 176 valence electrons. The van der Waals surface area contributed by atoms with Crippen LogP contribution in [0.15, 0.2) is 103 Å². The van der Waals surface area contributed by atoms with Crippen molar-refractivity contribution in [3.63, 3.8) is 0 Å². The van der Waals surface area contributed by atoms with E-state index in [4.69, 9.17) is 14.2 Å². The van der Waals surface area contributed by atoms with Crippen LogP contribution in [0.4, 0.5) is 5.69 Å². The van der Waals surface area contributed by atoms with Crippen LogP contribution >= 0.6 is 0 Å². The number of carbonyl (C=O) groups is 2. The van der Waals surface area contributed by atoms with Gasteiger partial charge >= 0.3 is 0 Å². The molecule has 0 aliphatic heterocycles. The standard InChI is InChI=1S/C29H25NO5/c1-2-33-24-16-18-27(19-17-24)35-26-14-10-23(11-15-26)30-28(31)20-34-25-12-8-22(9-13-25)29(32)21-6-4-3-5-7-21/h3-19H,2,20H2,1H3,(H,30,31). The third-order valence-electron chi connectivity index (χ3n) is 5.03. The van der Waals surface area contributed by atoms with Gasteiger partial charge in [0.1, 0.15) is 23.0 Å². The van der Waals surface area contributed by atoms with Crippen LogP contribution in [0.5, 0.6) is 23.0 Å². The molecular weight excluding hydrogens is 442 g/mol. The van der Waals surface area contributed by atoms with Crippen LogP contribution in [0, 0.1) is 0 Å². The van der Waals surface area contributed by atoms with Gasteiger partial charge in [-0.15, -0.1) is 0 Å². The summed E-state index contributed by atoms with van der Waals surface area (Å²) in [6.45, 7) is 2.39. The Morgan fingerprint density at radius 2 is 1.14 bits per heavy atom. The van der Waals surface area contributed by atoms with E-state index in [0.717, 1.165) is 5.75 Å². The quantitative estimate of drug-likeness (QED) is 0.284. The van der Waals surface area contributed by atoms with Gasteiger partial charge in [-0.1, -0.05) is 30.3 Å². The molecule has 1 amide bonds. The molecule has 1 N–H and O–H groups in total. The molecule has 0 atom stereocenters. The Balaban J connectivity index is 1.25. The molecule has 4 aromatic rings. The summed E-state index contributed by atoms with van der Waals surface area (Å²) in [4.78, 5) is 24.7. The van der Waals surface area contributed by atoms with Gasteiger partial charge in [0.15, 0.2) is 12.4 Å². The number of rotatable bonds is 10. The van der Waals surface area contributed by atoms with E-state index in [1.807, 2.05) is 49.4 Å². The zero-order chi connectivity index (χ0) is 24.5. The minimum atomic E-state index is -0.297. The molecule has 0 aromatic heterocycles. The first-order chi connectivity index (χ1) is 17.1. The maximum atomic E-state index is 12.5. The first kappa shape index (κ1) is 23.6. The number of hydrogen-bond acceptors (Lipinski definition) is 5. The van der Waals surface area contributed by atoms with E-state index in [2.05, 4.69) is 5.32 Å². The first-order valence-corrected chi connectivity index (χ1v) is 11.2. The Morgan fingerprint density at radius 3 is 1.77 bits per heavy atom. The summed E-state index contributed by atoms with van der Waals surface area (Å²) in [7, 11) is 0. The highest BCUT2D eigenvalue weighted by molar-refractivity contribution is 6.09. The summed E-state index contributed by atoms with van der Waals surface area (Å²) >= 11 is 0. The van der Waals surface area contributed by atoms with Gasteiger partial charge < -0.3 is 19.5 Å². The van der Waals surface area contributed by atoms with E-state index in [-0.39, 0.29) is 18.3 Å². The molecule has 0 bridgehead atoms. The molecule has 0 fully saturated rings. The molecule has 0 spiro atoms. The van der Waals surface area contributed by atoms with Crippen LogP contribution in [-0.4, -0.2) is 24.9 Å². The number of ketones is 1. The monoisotopic (exact) mass is 467 g/mol. The summed E-state index contributed by atoms with van der Waals surface area (Å²) in [6, 6.07) is 30.2. The topological polar surface area (TPSA) is 73.9 Å². The summed E-state index contributed by atoms with van der Waals surface area (Å²) in [5, 5.41) is 2.79. The van der Waals surface area contributed by atoms with E-state index < -0.39 is 0 Å². The SMILES string of the molecule is CCOc1ccc(Oc2ccc(NC(=O)COc3ccc(C(=O)c4ccccc4)cc3)cc2)cc1. The van der Waals surface area contributed by atoms with Crippen LogP contribution in [0.25, 0.3) is 0 Å². The van der Waals surface area contributed by atoms with Crippen LogP contribution in [-0.2, 0) is 4.79 Å². The molecule has 0 saturated carbocycles. The average Bonchev–Trinajstić information content (AvgIpc) is 2.90. The van der Waals surface area contributed by atoms with Crippen molar-refractivity contribution in [2.45, 2.75) is 6.92 Å². The van der Waals surface area contributed by atoms with Crippen LogP contribution in [0.1, 0.15) is 22.8 Å². The number of nitrogens with one attached hydrogen (secondary N) is 1. The predicted octanol–water partition coefficient (Wildman–Crippen LogP) is 6.13.